The van der Waals surface area contributed by atoms with Crippen molar-refractivity contribution in [2.45, 2.75) is 64.9 Å². The predicted octanol–water partition coefficient (Wildman–Crippen LogP) is 3.61. The Kier molecular flexibility index (Phi) is 3.71. The average Bonchev–Trinajstić information content (AvgIpc) is 2.63. The van der Waals surface area contributed by atoms with Crippen LogP contribution in [0.1, 0.15) is 58.8 Å². The molecule has 2 fully saturated rings. The molecule has 0 aliphatic heterocycles. The first-order valence-electron chi connectivity index (χ1n) is 6.86. The molecule has 0 aromatic heterocycles. The van der Waals surface area contributed by atoms with Crippen molar-refractivity contribution in [3.05, 3.63) is 0 Å². The SMILES string of the molecule is CC1CCCC(C(O)C2CCCC2C)C1. The van der Waals surface area contributed by atoms with E-state index in [1.807, 2.05) is 0 Å². The largest absolute Gasteiger partial charge is 0.393 e. The van der Waals surface area contributed by atoms with Crippen LogP contribution in [0, 0.1) is 23.7 Å². The van der Waals surface area contributed by atoms with Gasteiger partial charge in [-0.15, -0.1) is 0 Å². The van der Waals surface area contributed by atoms with Gasteiger partial charge in [0.25, 0.3) is 0 Å². The third kappa shape index (κ3) is 2.55. The van der Waals surface area contributed by atoms with Crippen molar-refractivity contribution in [1.29, 1.82) is 0 Å². The van der Waals surface area contributed by atoms with Gasteiger partial charge in [-0.1, -0.05) is 39.5 Å². The molecule has 5 atom stereocenters. The number of hydrogen-bond donors (Lipinski definition) is 1. The first-order chi connectivity index (χ1) is 7.18. The quantitative estimate of drug-likeness (QED) is 0.738. The molecule has 0 heterocycles. The van der Waals surface area contributed by atoms with E-state index in [4.69, 9.17) is 0 Å². The van der Waals surface area contributed by atoms with Crippen LogP contribution in [-0.2, 0) is 0 Å². The van der Waals surface area contributed by atoms with Crippen LogP contribution in [0.4, 0.5) is 0 Å². The highest BCUT2D eigenvalue weighted by Gasteiger charge is 2.35. The van der Waals surface area contributed by atoms with E-state index in [1.54, 1.807) is 0 Å². The number of aliphatic hydroxyl groups excluding tert-OH is 1. The summed E-state index contributed by atoms with van der Waals surface area (Å²) in [6.07, 6.45) is 9.21. The molecule has 5 unspecified atom stereocenters. The maximum absolute atomic E-state index is 10.5. The minimum absolute atomic E-state index is 0.00486. The topological polar surface area (TPSA) is 20.2 Å². The van der Waals surface area contributed by atoms with Crippen LogP contribution in [0.5, 0.6) is 0 Å². The fraction of sp³-hybridized carbons (Fsp3) is 1.00. The summed E-state index contributed by atoms with van der Waals surface area (Å²) in [7, 11) is 0. The van der Waals surface area contributed by atoms with E-state index >= 15 is 0 Å². The zero-order chi connectivity index (χ0) is 10.8. The van der Waals surface area contributed by atoms with Crippen molar-refractivity contribution in [2.24, 2.45) is 23.7 Å². The Balaban J connectivity index is 1.91. The average molecular weight is 210 g/mol. The minimum atomic E-state index is 0.00486. The molecular formula is C14H26O. The van der Waals surface area contributed by atoms with Crippen molar-refractivity contribution in [2.75, 3.05) is 0 Å². The highest BCUT2D eigenvalue weighted by Crippen LogP contribution is 2.40. The Morgan fingerprint density at radius 1 is 1.00 bits per heavy atom. The highest BCUT2D eigenvalue weighted by molar-refractivity contribution is 4.86. The summed E-state index contributed by atoms with van der Waals surface area (Å²) in [5.41, 5.74) is 0. The maximum atomic E-state index is 10.5. The summed E-state index contributed by atoms with van der Waals surface area (Å²) in [5, 5.41) is 10.5. The lowest BCUT2D eigenvalue weighted by Gasteiger charge is -2.34. The van der Waals surface area contributed by atoms with E-state index in [9.17, 15) is 5.11 Å². The van der Waals surface area contributed by atoms with E-state index in [2.05, 4.69) is 13.8 Å². The maximum Gasteiger partial charge on any atom is 0.0599 e. The second-order valence-electron chi connectivity index (χ2n) is 6.09. The van der Waals surface area contributed by atoms with Gasteiger partial charge in [-0.05, 0) is 42.9 Å². The van der Waals surface area contributed by atoms with E-state index in [1.165, 1.54) is 44.9 Å². The van der Waals surface area contributed by atoms with Crippen LogP contribution in [0.25, 0.3) is 0 Å². The molecule has 15 heavy (non-hydrogen) atoms. The van der Waals surface area contributed by atoms with E-state index in [-0.39, 0.29) is 6.10 Å². The molecule has 0 saturated heterocycles. The van der Waals surface area contributed by atoms with Gasteiger partial charge in [-0.25, -0.2) is 0 Å². The molecule has 2 aliphatic rings. The molecule has 0 bridgehead atoms. The van der Waals surface area contributed by atoms with E-state index in [0.717, 1.165) is 11.8 Å². The second kappa shape index (κ2) is 4.86. The van der Waals surface area contributed by atoms with Gasteiger partial charge < -0.3 is 5.11 Å². The summed E-state index contributed by atoms with van der Waals surface area (Å²) in [6, 6.07) is 0. The molecule has 88 valence electrons. The normalized spacial score (nSPS) is 44.2. The van der Waals surface area contributed by atoms with E-state index < -0.39 is 0 Å². The molecule has 0 amide bonds. The molecule has 1 nitrogen and oxygen atoms in total. The van der Waals surface area contributed by atoms with Crippen LogP contribution in [0.2, 0.25) is 0 Å². The van der Waals surface area contributed by atoms with Crippen molar-refractivity contribution in [1.82, 2.24) is 0 Å². The summed E-state index contributed by atoms with van der Waals surface area (Å²) < 4.78 is 0. The lowest BCUT2D eigenvalue weighted by atomic mass is 9.74. The fourth-order valence-electron chi connectivity index (χ4n) is 3.82. The first kappa shape index (κ1) is 11.4. The van der Waals surface area contributed by atoms with Gasteiger partial charge in [0.1, 0.15) is 0 Å². The van der Waals surface area contributed by atoms with Gasteiger partial charge in [0.15, 0.2) is 0 Å². The van der Waals surface area contributed by atoms with Crippen molar-refractivity contribution in [3.8, 4) is 0 Å². The van der Waals surface area contributed by atoms with Crippen LogP contribution >= 0.6 is 0 Å². The Morgan fingerprint density at radius 2 is 1.73 bits per heavy atom. The molecule has 2 rings (SSSR count). The van der Waals surface area contributed by atoms with Crippen molar-refractivity contribution in [3.63, 3.8) is 0 Å². The molecule has 0 aromatic rings. The molecule has 0 aromatic carbocycles. The number of aliphatic hydroxyl groups is 1. The van der Waals surface area contributed by atoms with Gasteiger partial charge in [-0.2, -0.15) is 0 Å². The monoisotopic (exact) mass is 210 g/mol. The third-order valence-electron chi connectivity index (χ3n) is 4.83. The van der Waals surface area contributed by atoms with Gasteiger partial charge in [-0.3, -0.25) is 0 Å². The Bertz CT molecular complexity index is 202. The predicted molar refractivity (Wildman–Crippen MR) is 63.6 cm³/mol. The Labute approximate surface area is 94.3 Å². The van der Waals surface area contributed by atoms with Crippen molar-refractivity contribution < 1.29 is 5.11 Å². The van der Waals surface area contributed by atoms with Gasteiger partial charge in [0.2, 0.25) is 0 Å². The molecule has 1 heteroatoms. The van der Waals surface area contributed by atoms with Gasteiger partial charge >= 0.3 is 0 Å². The first-order valence-corrected chi connectivity index (χ1v) is 6.86. The summed E-state index contributed by atoms with van der Waals surface area (Å²) in [6.45, 7) is 4.67. The fourth-order valence-corrected chi connectivity index (χ4v) is 3.82. The van der Waals surface area contributed by atoms with Crippen molar-refractivity contribution >= 4 is 0 Å². The van der Waals surface area contributed by atoms with Crippen LogP contribution in [-0.4, -0.2) is 11.2 Å². The summed E-state index contributed by atoms with van der Waals surface area (Å²) >= 11 is 0. The Morgan fingerprint density at radius 3 is 2.33 bits per heavy atom. The van der Waals surface area contributed by atoms with Crippen LogP contribution < -0.4 is 0 Å². The molecule has 0 radical (unpaired) electrons. The second-order valence-corrected chi connectivity index (χ2v) is 6.09. The smallest absolute Gasteiger partial charge is 0.0599 e. The molecular weight excluding hydrogens is 184 g/mol. The number of rotatable bonds is 2. The molecule has 0 spiro atoms. The standard InChI is InChI=1S/C14H26O/c1-10-5-3-7-12(9-10)14(15)13-8-4-6-11(13)2/h10-15H,3-9H2,1-2H3. The highest BCUT2D eigenvalue weighted by atomic mass is 16.3. The van der Waals surface area contributed by atoms with E-state index in [0.29, 0.717) is 11.8 Å². The lowest BCUT2D eigenvalue weighted by Crippen LogP contribution is -2.33. The Hall–Kier alpha value is -0.0400. The summed E-state index contributed by atoms with van der Waals surface area (Å²) in [4.78, 5) is 0. The number of hydrogen-bond acceptors (Lipinski definition) is 1. The lowest BCUT2D eigenvalue weighted by molar-refractivity contribution is 0.0127. The molecule has 2 saturated carbocycles. The minimum Gasteiger partial charge on any atom is -0.393 e. The third-order valence-corrected chi connectivity index (χ3v) is 4.83. The zero-order valence-corrected chi connectivity index (χ0v) is 10.3. The van der Waals surface area contributed by atoms with Crippen LogP contribution in [0.3, 0.4) is 0 Å². The molecule has 2 aliphatic carbocycles. The zero-order valence-electron chi connectivity index (χ0n) is 10.3. The van der Waals surface area contributed by atoms with Crippen LogP contribution in [0.15, 0.2) is 0 Å². The molecule has 1 N–H and O–H groups in total. The summed E-state index contributed by atoms with van der Waals surface area (Å²) in [5.74, 6) is 2.83. The van der Waals surface area contributed by atoms with Gasteiger partial charge in [0, 0.05) is 0 Å². The van der Waals surface area contributed by atoms with Gasteiger partial charge in [0.05, 0.1) is 6.10 Å².